The summed E-state index contributed by atoms with van der Waals surface area (Å²) >= 11 is 0. The molecular weight excluding hydrogens is 260 g/mol. The Bertz CT molecular complexity index is 192. The highest BCUT2D eigenvalue weighted by atomic mass is 16.1. The Morgan fingerprint density at radius 3 is 1.15 bits per heavy atom. The second kappa shape index (κ2) is 22.9. The molecule has 0 aromatic carbocycles. The number of rotatable bonds is 9. The van der Waals surface area contributed by atoms with Crippen LogP contribution in [-0.2, 0) is 9.59 Å². The highest BCUT2D eigenvalue weighted by molar-refractivity contribution is 5.73. The molecule has 0 aromatic rings. The summed E-state index contributed by atoms with van der Waals surface area (Å²) in [4.78, 5) is 19.2. The highest BCUT2D eigenvalue weighted by Crippen LogP contribution is 1.63. The molecule has 0 atom stereocenters. The minimum atomic E-state index is -0.245. The number of hydrogen-bond donors (Lipinski definition) is 6. The van der Waals surface area contributed by atoms with Crippen LogP contribution in [0.1, 0.15) is 26.7 Å². The molecule has 0 rings (SSSR count). The van der Waals surface area contributed by atoms with Crippen molar-refractivity contribution in [2.24, 2.45) is 22.9 Å². The molecule has 8 nitrogen and oxygen atoms in total. The molecule has 0 aliphatic carbocycles. The fourth-order valence-corrected chi connectivity index (χ4v) is 0.631. The van der Waals surface area contributed by atoms with E-state index in [0.29, 0.717) is 25.9 Å². The Hall–Kier alpha value is -1.22. The lowest BCUT2D eigenvalue weighted by Crippen LogP contribution is -2.32. The van der Waals surface area contributed by atoms with Gasteiger partial charge in [0.2, 0.25) is 11.8 Å². The molecule has 0 saturated heterocycles. The maximum atomic E-state index is 9.59. The topological polar surface area (TPSA) is 162 Å². The van der Waals surface area contributed by atoms with Crippen molar-refractivity contribution in [1.82, 2.24) is 10.6 Å². The van der Waals surface area contributed by atoms with Crippen LogP contribution in [0, 0.1) is 0 Å². The molecule has 0 fully saturated rings. The first-order valence-electron chi connectivity index (χ1n) is 6.84. The lowest BCUT2D eigenvalue weighted by Gasteiger charge is -2.03. The zero-order valence-corrected chi connectivity index (χ0v) is 12.8. The van der Waals surface area contributed by atoms with Gasteiger partial charge in [-0.05, 0) is 0 Å². The second-order valence-electron chi connectivity index (χ2n) is 3.72. The number of amides is 2. The van der Waals surface area contributed by atoms with E-state index in [1.165, 1.54) is 0 Å². The van der Waals surface area contributed by atoms with Gasteiger partial charge in [0, 0.05) is 52.1 Å². The Balaban J connectivity index is -0.000000244. The lowest BCUT2D eigenvalue weighted by atomic mass is 10.5. The molecule has 2 amide bonds. The molecule has 8 heteroatoms. The first kappa shape index (κ1) is 23.8. The van der Waals surface area contributed by atoms with Crippen molar-refractivity contribution in [2.45, 2.75) is 26.7 Å². The maximum absolute atomic E-state index is 9.59. The average Bonchev–Trinajstić information content (AvgIpc) is 2.44. The molecule has 0 spiro atoms. The molecular formula is C12H32N6O2. The number of carbonyl (C=O) groups excluding carboxylic acids is 2. The lowest BCUT2D eigenvalue weighted by molar-refractivity contribution is -0.118. The number of primary amides is 2. The van der Waals surface area contributed by atoms with E-state index in [2.05, 4.69) is 22.1 Å². The van der Waals surface area contributed by atoms with Gasteiger partial charge < -0.3 is 33.6 Å². The molecule has 10 N–H and O–H groups in total. The van der Waals surface area contributed by atoms with Crippen molar-refractivity contribution in [2.75, 3.05) is 39.3 Å². The van der Waals surface area contributed by atoms with Crippen LogP contribution >= 0.6 is 0 Å². The van der Waals surface area contributed by atoms with Crippen molar-refractivity contribution < 1.29 is 9.59 Å². The molecule has 0 radical (unpaired) electrons. The zero-order valence-electron chi connectivity index (χ0n) is 12.8. The van der Waals surface area contributed by atoms with Gasteiger partial charge in [-0.3, -0.25) is 9.59 Å². The summed E-state index contributed by atoms with van der Waals surface area (Å²) in [5.41, 5.74) is 19.8. The minimum absolute atomic E-state index is 0.245. The fraction of sp³-hybridized carbons (Fsp3) is 0.833. The standard InChI is InChI=1S/C6H18N4.2C3H7NO/c7-1-3-9-5-6-10-4-2-8;2*1-2-3(4)5/h9-10H,1-8H2;2*2H2,1H3,(H2,4,5). The van der Waals surface area contributed by atoms with Crippen LogP contribution in [0.5, 0.6) is 0 Å². The van der Waals surface area contributed by atoms with E-state index in [1.807, 2.05) is 0 Å². The number of carbonyl (C=O) groups is 2. The van der Waals surface area contributed by atoms with Crippen LogP contribution in [0.3, 0.4) is 0 Å². The molecule has 0 aliphatic rings. The summed E-state index contributed by atoms with van der Waals surface area (Å²) in [6.07, 6.45) is 0.889. The zero-order chi connectivity index (χ0) is 16.2. The Morgan fingerprint density at radius 2 is 1.00 bits per heavy atom. The first-order valence-corrected chi connectivity index (χ1v) is 6.84. The van der Waals surface area contributed by atoms with Crippen LogP contribution < -0.4 is 33.6 Å². The summed E-state index contributed by atoms with van der Waals surface area (Å²) in [6, 6.07) is 0. The van der Waals surface area contributed by atoms with Gasteiger partial charge in [0.25, 0.3) is 0 Å². The van der Waals surface area contributed by atoms with Crippen LogP contribution in [0.4, 0.5) is 0 Å². The van der Waals surface area contributed by atoms with Gasteiger partial charge in [-0.15, -0.1) is 0 Å². The third kappa shape index (κ3) is 43.7. The van der Waals surface area contributed by atoms with E-state index in [1.54, 1.807) is 13.8 Å². The van der Waals surface area contributed by atoms with Gasteiger partial charge in [-0.25, -0.2) is 0 Å². The van der Waals surface area contributed by atoms with E-state index in [-0.39, 0.29) is 11.8 Å². The summed E-state index contributed by atoms with van der Waals surface area (Å²) in [7, 11) is 0. The van der Waals surface area contributed by atoms with Crippen molar-refractivity contribution in [3.63, 3.8) is 0 Å². The third-order valence-corrected chi connectivity index (χ3v) is 1.82. The quantitative estimate of drug-likeness (QED) is 0.265. The smallest absolute Gasteiger partial charge is 0.217 e. The van der Waals surface area contributed by atoms with E-state index in [9.17, 15) is 9.59 Å². The number of hydrogen-bond acceptors (Lipinski definition) is 6. The van der Waals surface area contributed by atoms with Gasteiger partial charge in [-0.2, -0.15) is 0 Å². The number of nitrogens with two attached hydrogens (primary N) is 4. The van der Waals surface area contributed by atoms with Crippen LogP contribution in [-0.4, -0.2) is 51.1 Å². The van der Waals surface area contributed by atoms with Crippen molar-refractivity contribution in [3.05, 3.63) is 0 Å². The Kier molecular flexibility index (Phi) is 27.3. The largest absolute Gasteiger partial charge is 0.370 e. The van der Waals surface area contributed by atoms with Gasteiger partial charge in [0.1, 0.15) is 0 Å². The molecule has 0 aliphatic heterocycles. The van der Waals surface area contributed by atoms with Gasteiger partial charge in [0.05, 0.1) is 0 Å². The first-order chi connectivity index (χ1) is 9.45. The van der Waals surface area contributed by atoms with E-state index < -0.39 is 0 Å². The Labute approximate surface area is 122 Å². The van der Waals surface area contributed by atoms with Crippen molar-refractivity contribution >= 4 is 11.8 Å². The van der Waals surface area contributed by atoms with Gasteiger partial charge in [0.15, 0.2) is 0 Å². The molecule has 0 heterocycles. The van der Waals surface area contributed by atoms with Crippen LogP contribution in [0.25, 0.3) is 0 Å². The molecule has 20 heavy (non-hydrogen) atoms. The van der Waals surface area contributed by atoms with Crippen LogP contribution in [0.15, 0.2) is 0 Å². The van der Waals surface area contributed by atoms with E-state index in [0.717, 1.165) is 26.2 Å². The highest BCUT2D eigenvalue weighted by Gasteiger charge is 1.83. The molecule has 0 unspecified atom stereocenters. The van der Waals surface area contributed by atoms with Gasteiger partial charge in [-0.1, -0.05) is 13.8 Å². The summed E-state index contributed by atoms with van der Waals surface area (Å²) in [5, 5.41) is 6.33. The second-order valence-corrected chi connectivity index (χ2v) is 3.72. The number of nitrogens with one attached hydrogen (secondary N) is 2. The monoisotopic (exact) mass is 292 g/mol. The van der Waals surface area contributed by atoms with Gasteiger partial charge >= 0.3 is 0 Å². The fourth-order valence-electron chi connectivity index (χ4n) is 0.631. The Morgan fingerprint density at radius 1 is 0.750 bits per heavy atom. The summed E-state index contributed by atoms with van der Waals surface area (Å²) in [5.74, 6) is -0.491. The average molecular weight is 292 g/mol. The van der Waals surface area contributed by atoms with E-state index in [4.69, 9.17) is 11.5 Å². The van der Waals surface area contributed by atoms with Crippen molar-refractivity contribution in [3.8, 4) is 0 Å². The maximum Gasteiger partial charge on any atom is 0.217 e. The summed E-state index contributed by atoms with van der Waals surface area (Å²) in [6.45, 7) is 8.58. The SMILES string of the molecule is CCC(N)=O.CCC(N)=O.NCCNCCNCCN. The molecule has 0 bridgehead atoms. The van der Waals surface area contributed by atoms with Crippen LogP contribution in [0.2, 0.25) is 0 Å². The van der Waals surface area contributed by atoms with Crippen molar-refractivity contribution in [1.29, 1.82) is 0 Å². The third-order valence-electron chi connectivity index (χ3n) is 1.82. The van der Waals surface area contributed by atoms with E-state index >= 15 is 0 Å². The normalized spacial score (nSPS) is 8.80. The predicted molar refractivity (Wildman–Crippen MR) is 82.8 cm³/mol. The summed E-state index contributed by atoms with van der Waals surface area (Å²) < 4.78 is 0. The minimum Gasteiger partial charge on any atom is -0.370 e. The molecule has 0 aromatic heterocycles. The molecule has 0 saturated carbocycles. The predicted octanol–water partition coefficient (Wildman–Crippen LogP) is -2.15. The molecule has 122 valence electrons.